The third kappa shape index (κ3) is 9.09. The highest BCUT2D eigenvalue weighted by atomic mass is 16.4. The molecule has 15 heavy (non-hydrogen) atoms. The molecular formula is C7H15NO7. The lowest BCUT2D eigenvalue weighted by Crippen LogP contribution is -2.43. The molecule has 0 aromatic carbocycles. The van der Waals surface area contributed by atoms with Crippen molar-refractivity contribution in [3.63, 3.8) is 0 Å². The third-order valence-corrected chi connectivity index (χ3v) is 1.33. The van der Waals surface area contributed by atoms with Crippen molar-refractivity contribution in [2.24, 2.45) is 5.73 Å². The molecule has 0 aromatic heterocycles. The van der Waals surface area contributed by atoms with Crippen LogP contribution in [-0.4, -0.2) is 62.3 Å². The number of rotatable bonds is 4. The lowest BCUT2D eigenvalue weighted by Gasteiger charge is -2.21. The van der Waals surface area contributed by atoms with Crippen LogP contribution in [0.1, 0.15) is 6.92 Å². The summed E-state index contributed by atoms with van der Waals surface area (Å²) in [6.45, 7) is 1.24. The van der Waals surface area contributed by atoms with E-state index in [1.54, 1.807) is 0 Å². The van der Waals surface area contributed by atoms with Crippen LogP contribution in [0.2, 0.25) is 0 Å². The predicted octanol–water partition coefficient (Wildman–Crippen LogP) is -2.73. The Balaban J connectivity index is 0. The minimum Gasteiger partial charge on any atom is -0.465 e. The Hall–Kier alpha value is -1.22. The summed E-state index contributed by atoms with van der Waals surface area (Å²) in [5, 5.41) is 42.3. The van der Waals surface area contributed by atoms with Gasteiger partial charge in [-0.05, 0) is 6.92 Å². The molecule has 90 valence electrons. The summed E-state index contributed by atoms with van der Waals surface area (Å²) in [6, 6.07) is 0. The predicted molar refractivity (Wildman–Crippen MR) is 48.0 cm³/mol. The van der Waals surface area contributed by atoms with Crippen LogP contribution in [0.15, 0.2) is 0 Å². The Kier molecular flexibility index (Phi) is 8.78. The van der Waals surface area contributed by atoms with Gasteiger partial charge in [-0.3, -0.25) is 0 Å². The van der Waals surface area contributed by atoms with Gasteiger partial charge in [-0.1, -0.05) is 0 Å². The Morgan fingerprint density at radius 2 is 1.53 bits per heavy atom. The molecule has 0 rings (SSSR count). The normalized spacial score (nSPS) is 17.7. The Labute approximate surface area is 85.6 Å². The van der Waals surface area contributed by atoms with Crippen LogP contribution in [0, 0.1) is 0 Å². The smallest absolute Gasteiger partial charge is 0.402 e. The van der Waals surface area contributed by atoms with Crippen molar-refractivity contribution >= 4 is 12.4 Å². The summed E-state index contributed by atoms with van der Waals surface area (Å²) < 4.78 is 0. The summed E-state index contributed by atoms with van der Waals surface area (Å²) in [7, 11) is 0. The summed E-state index contributed by atoms with van der Waals surface area (Å²) in [4.78, 5) is 18.6. The Morgan fingerprint density at radius 1 is 1.20 bits per heavy atom. The van der Waals surface area contributed by atoms with Crippen molar-refractivity contribution in [3.8, 4) is 0 Å². The van der Waals surface area contributed by atoms with Crippen molar-refractivity contribution in [1.29, 1.82) is 0 Å². The number of nitrogens with two attached hydrogens (primary N) is 1. The molecule has 8 nitrogen and oxygen atoms in total. The van der Waals surface area contributed by atoms with Gasteiger partial charge in [0.05, 0.1) is 6.10 Å². The average Bonchev–Trinajstić information content (AvgIpc) is 2.13. The number of aliphatic hydroxyl groups excluding tert-OH is 4. The number of carbonyl (C=O) groups excluding carboxylic acids is 1. The van der Waals surface area contributed by atoms with E-state index in [9.17, 15) is 4.79 Å². The fourth-order valence-electron chi connectivity index (χ4n) is 0.568. The first-order valence-electron chi connectivity index (χ1n) is 3.90. The number of aliphatic hydroxyl groups is 4. The molecule has 0 saturated heterocycles. The first kappa shape index (κ1) is 16.2. The van der Waals surface area contributed by atoms with Gasteiger partial charge in [-0.15, -0.1) is 0 Å². The van der Waals surface area contributed by atoms with Crippen molar-refractivity contribution in [3.05, 3.63) is 0 Å². The second-order valence-corrected chi connectivity index (χ2v) is 2.69. The molecule has 0 aliphatic heterocycles. The first-order valence-corrected chi connectivity index (χ1v) is 3.90. The monoisotopic (exact) mass is 225 g/mol. The molecule has 0 aliphatic rings. The molecule has 0 radical (unpaired) electrons. The van der Waals surface area contributed by atoms with E-state index in [4.69, 9.17) is 30.3 Å². The van der Waals surface area contributed by atoms with E-state index in [0.29, 0.717) is 0 Å². The maximum atomic E-state index is 9.87. The number of amides is 1. The molecule has 8 heteroatoms. The Morgan fingerprint density at radius 3 is 1.73 bits per heavy atom. The van der Waals surface area contributed by atoms with E-state index in [0.717, 1.165) is 0 Å². The number of hydrogen-bond acceptors (Lipinski definition) is 6. The molecule has 0 heterocycles. The highest BCUT2D eigenvalue weighted by molar-refractivity contribution is 5.61. The second kappa shape index (κ2) is 8.12. The van der Waals surface area contributed by atoms with Gasteiger partial charge in [0, 0.05) is 0 Å². The van der Waals surface area contributed by atoms with E-state index >= 15 is 0 Å². The Bertz CT molecular complexity index is 192. The van der Waals surface area contributed by atoms with Gasteiger partial charge >= 0.3 is 6.09 Å². The number of primary amides is 1. The quantitative estimate of drug-likeness (QED) is 0.283. The lowest BCUT2D eigenvalue weighted by molar-refractivity contribution is -0.132. The lowest BCUT2D eigenvalue weighted by atomic mass is 10.1. The fraction of sp³-hybridized carbons (Fsp3) is 0.714. The summed E-state index contributed by atoms with van der Waals surface area (Å²) in [5.41, 5.74) is 4.03. The van der Waals surface area contributed by atoms with Gasteiger partial charge < -0.3 is 36.1 Å². The van der Waals surface area contributed by atoms with Crippen LogP contribution < -0.4 is 5.73 Å². The molecule has 7 N–H and O–H groups in total. The maximum absolute atomic E-state index is 9.87. The fourth-order valence-corrected chi connectivity index (χ4v) is 0.568. The van der Waals surface area contributed by atoms with E-state index < -0.39 is 30.5 Å². The largest absolute Gasteiger partial charge is 0.465 e. The van der Waals surface area contributed by atoms with Crippen molar-refractivity contribution in [1.82, 2.24) is 0 Å². The summed E-state index contributed by atoms with van der Waals surface area (Å²) in [5.74, 6) is 0. The number of aldehydes is 1. The van der Waals surface area contributed by atoms with E-state index in [1.807, 2.05) is 0 Å². The van der Waals surface area contributed by atoms with Crippen LogP contribution in [0.25, 0.3) is 0 Å². The molecule has 0 aliphatic carbocycles. The van der Waals surface area contributed by atoms with Gasteiger partial charge in [-0.25, -0.2) is 4.79 Å². The van der Waals surface area contributed by atoms with Gasteiger partial charge in [0.15, 0.2) is 6.29 Å². The van der Waals surface area contributed by atoms with Crippen molar-refractivity contribution in [2.75, 3.05) is 0 Å². The molecule has 0 aromatic rings. The van der Waals surface area contributed by atoms with Crippen LogP contribution in [0.5, 0.6) is 0 Å². The van der Waals surface area contributed by atoms with E-state index in [2.05, 4.69) is 5.73 Å². The van der Waals surface area contributed by atoms with Crippen molar-refractivity contribution < 1.29 is 35.1 Å². The average molecular weight is 225 g/mol. The molecule has 0 saturated carbocycles. The molecule has 0 unspecified atom stereocenters. The molecular weight excluding hydrogens is 210 g/mol. The number of carboxylic acid groups (broad SMARTS) is 1. The minimum atomic E-state index is -1.65. The molecule has 4 atom stereocenters. The standard InChI is InChI=1S/C6H12O5.CH3NO2/c1-3(8)5(10)6(11)4(9)2-7;2-1(3)4/h2-6,8-11H,1H3;2H2,(H,3,4)/t3-,4-,5-,6-;/m0./s1. The highest BCUT2D eigenvalue weighted by Crippen LogP contribution is 2.02. The first-order chi connectivity index (χ1) is 6.73. The van der Waals surface area contributed by atoms with Crippen LogP contribution in [-0.2, 0) is 4.79 Å². The zero-order valence-electron chi connectivity index (χ0n) is 8.02. The summed E-state index contributed by atoms with van der Waals surface area (Å²) >= 11 is 0. The minimum absolute atomic E-state index is 0.0935. The van der Waals surface area contributed by atoms with Gasteiger partial charge in [0.25, 0.3) is 0 Å². The van der Waals surface area contributed by atoms with E-state index in [-0.39, 0.29) is 6.29 Å². The number of hydrogen-bond donors (Lipinski definition) is 6. The van der Waals surface area contributed by atoms with Gasteiger partial charge in [0.2, 0.25) is 0 Å². The topological polar surface area (TPSA) is 161 Å². The number of carbonyl (C=O) groups is 2. The SMILES string of the molecule is C[C@H](O)[C@H](O)[C@@H](O)[C@@H](O)C=O.NC(=O)O. The summed E-state index contributed by atoms with van der Waals surface area (Å²) in [6.07, 6.45) is -7.21. The van der Waals surface area contributed by atoms with E-state index in [1.165, 1.54) is 6.92 Å². The van der Waals surface area contributed by atoms with Crippen LogP contribution in [0.4, 0.5) is 4.79 Å². The molecule has 0 bridgehead atoms. The van der Waals surface area contributed by atoms with Crippen LogP contribution >= 0.6 is 0 Å². The molecule has 0 fully saturated rings. The third-order valence-electron chi connectivity index (χ3n) is 1.33. The zero-order chi connectivity index (χ0) is 12.6. The second-order valence-electron chi connectivity index (χ2n) is 2.69. The van der Waals surface area contributed by atoms with Gasteiger partial charge in [0.1, 0.15) is 18.3 Å². The molecule has 0 spiro atoms. The highest BCUT2D eigenvalue weighted by Gasteiger charge is 2.27. The van der Waals surface area contributed by atoms with Crippen molar-refractivity contribution in [2.45, 2.75) is 31.3 Å². The zero-order valence-corrected chi connectivity index (χ0v) is 8.02. The van der Waals surface area contributed by atoms with Gasteiger partial charge in [-0.2, -0.15) is 0 Å². The maximum Gasteiger partial charge on any atom is 0.402 e. The van der Waals surface area contributed by atoms with Crippen LogP contribution in [0.3, 0.4) is 0 Å². The molecule has 1 amide bonds.